The fraction of sp³-hybridized carbons (Fsp3) is 0.895. The highest BCUT2D eigenvalue weighted by Gasteiger charge is 2.46. The lowest BCUT2D eigenvalue weighted by atomic mass is 9.67. The first-order valence-electron chi connectivity index (χ1n) is 8.77. The third-order valence-corrected chi connectivity index (χ3v) is 5.83. The van der Waals surface area contributed by atoms with Crippen LogP contribution in [0.5, 0.6) is 0 Å². The molecule has 1 spiro atoms. The molecule has 2 atom stereocenters. The fourth-order valence-electron chi connectivity index (χ4n) is 5.15. The Morgan fingerprint density at radius 1 is 1.00 bits per heavy atom. The van der Waals surface area contributed by atoms with Crippen LogP contribution in [0.15, 0.2) is 11.1 Å². The first-order chi connectivity index (χ1) is 9.28. The molecule has 0 aromatic rings. The standard InChI is InChI=1S/C19H35N/c1-13(2)17-8-9-19(18(17)14(3)4)10-11-20(15(5)6)16(7)12-19/h13-16H,8-12H2,1-7H3/t16-,19-/m1/s1. The van der Waals surface area contributed by atoms with Gasteiger partial charge in [-0.05, 0) is 70.3 Å². The molecule has 0 bridgehead atoms. The molecule has 0 aromatic carbocycles. The van der Waals surface area contributed by atoms with Crippen LogP contribution < -0.4 is 0 Å². The van der Waals surface area contributed by atoms with Crippen molar-refractivity contribution in [3.63, 3.8) is 0 Å². The SMILES string of the molecule is CC(C)C1=C(C(C)C)[C@]2(CC1)CCN(C(C)C)[C@H](C)C2. The van der Waals surface area contributed by atoms with Crippen molar-refractivity contribution in [1.82, 2.24) is 4.90 Å². The molecular weight excluding hydrogens is 242 g/mol. The van der Waals surface area contributed by atoms with Gasteiger partial charge in [0.15, 0.2) is 0 Å². The summed E-state index contributed by atoms with van der Waals surface area (Å²) in [5.74, 6) is 1.47. The maximum Gasteiger partial charge on any atom is 0.00780 e. The molecule has 0 amide bonds. The number of nitrogens with zero attached hydrogens (tertiary/aromatic N) is 1. The summed E-state index contributed by atoms with van der Waals surface area (Å²) in [6, 6.07) is 1.43. The Labute approximate surface area is 126 Å². The van der Waals surface area contributed by atoms with Crippen LogP contribution in [0.3, 0.4) is 0 Å². The van der Waals surface area contributed by atoms with Crippen molar-refractivity contribution in [2.45, 2.75) is 86.2 Å². The van der Waals surface area contributed by atoms with E-state index in [0.29, 0.717) is 11.5 Å². The molecule has 0 unspecified atom stereocenters. The van der Waals surface area contributed by atoms with Gasteiger partial charge in [-0.25, -0.2) is 0 Å². The molecule has 2 aliphatic rings. The van der Waals surface area contributed by atoms with E-state index in [9.17, 15) is 0 Å². The molecule has 1 heterocycles. The first-order valence-corrected chi connectivity index (χ1v) is 8.77. The second-order valence-electron chi connectivity index (χ2n) is 8.16. The zero-order valence-electron chi connectivity index (χ0n) is 14.8. The summed E-state index contributed by atoms with van der Waals surface area (Å²) in [7, 11) is 0. The molecule has 116 valence electrons. The summed E-state index contributed by atoms with van der Waals surface area (Å²) in [4.78, 5) is 2.70. The van der Waals surface area contributed by atoms with Gasteiger partial charge in [-0.1, -0.05) is 38.8 Å². The Bertz CT molecular complexity index is 377. The molecule has 2 rings (SSSR count). The molecule has 1 fully saturated rings. The van der Waals surface area contributed by atoms with Crippen LogP contribution in [-0.4, -0.2) is 23.5 Å². The monoisotopic (exact) mass is 277 g/mol. The topological polar surface area (TPSA) is 3.24 Å². The molecule has 1 aliphatic heterocycles. The minimum absolute atomic E-state index is 0.540. The van der Waals surface area contributed by atoms with E-state index < -0.39 is 0 Å². The molecule has 0 aromatic heterocycles. The third kappa shape index (κ3) is 2.71. The van der Waals surface area contributed by atoms with Gasteiger partial charge in [0.05, 0.1) is 0 Å². The molecule has 0 radical (unpaired) electrons. The largest absolute Gasteiger partial charge is 0.298 e. The predicted octanol–water partition coefficient (Wildman–Crippen LogP) is 5.27. The van der Waals surface area contributed by atoms with Gasteiger partial charge in [-0.3, -0.25) is 4.90 Å². The number of piperidine rings is 1. The van der Waals surface area contributed by atoms with Crippen molar-refractivity contribution in [2.75, 3.05) is 6.54 Å². The highest BCUT2D eigenvalue weighted by atomic mass is 15.2. The van der Waals surface area contributed by atoms with E-state index in [4.69, 9.17) is 0 Å². The average Bonchev–Trinajstić information content (AvgIpc) is 2.67. The van der Waals surface area contributed by atoms with Gasteiger partial charge in [0.2, 0.25) is 0 Å². The van der Waals surface area contributed by atoms with Crippen LogP contribution in [0, 0.1) is 17.3 Å². The van der Waals surface area contributed by atoms with Crippen molar-refractivity contribution < 1.29 is 0 Å². The molecule has 0 saturated carbocycles. The minimum Gasteiger partial charge on any atom is -0.298 e. The van der Waals surface area contributed by atoms with Crippen molar-refractivity contribution in [2.24, 2.45) is 17.3 Å². The Morgan fingerprint density at radius 3 is 2.10 bits per heavy atom. The van der Waals surface area contributed by atoms with Gasteiger partial charge in [-0.15, -0.1) is 0 Å². The number of rotatable bonds is 3. The summed E-state index contributed by atoms with van der Waals surface area (Å²) < 4.78 is 0. The highest BCUT2D eigenvalue weighted by Crippen LogP contribution is 2.55. The second kappa shape index (κ2) is 5.83. The maximum atomic E-state index is 2.70. The van der Waals surface area contributed by atoms with Crippen LogP contribution >= 0.6 is 0 Å². The smallest absolute Gasteiger partial charge is 0.00780 e. The van der Waals surface area contributed by atoms with E-state index >= 15 is 0 Å². The van der Waals surface area contributed by atoms with Crippen LogP contribution in [0.4, 0.5) is 0 Å². The normalized spacial score (nSPS) is 32.4. The maximum absolute atomic E-state index is 2.70. The lowest BCUT2D eigenvalue weighted by Crippen LogP contribution is -2.49. The average molecular weight is 277 g/mol. The van der Waals surface area contributed by atoms with Crippen LogP contribution in [0.2, 0.25) is 0 Å². The fourth-order valence-corrected chi connectivity index (χ4v) is 5.15. The van der Waals surface area contributed by atoms with Crippen LogP contribution in [0.25, 0.3) is 0 Å². The molecule has 1 heteroatoms. The Hall–Kier alpha value is -0.300. The van der Waals surface area contributed by atoms with Gasteiger partial charge in [0.25, 0.3) is 0 Å². The lowest BCUT2D eigenvalue weighted by molar-refractivity contribution is 0.0521. The van der Waals surface area contributed by atoms with Gasteiger partial charge in [0, 0.05) is 12.1 Å². The van der Waals surface area contributed by atoms with E-state index in [0.717, 1.165) is 17.9 Å². The van der Waals surface area contributed by atoms with Crippen molar-refractivity contribution in [3.8, 4) is 0 Å². The van der Waals surface area contributed by atoms with Crippen molar-refractivity contribution >= 4 is 0 Å². The number of hydrogen-bond donors (Lipinski definition) is 0. The predicted molar refractivity (Wildman–Crippen MR) is 88.9 cm³/mol. The zero-order chi connectivity index (χ0) is 15.1. The summed E-state index contributed by atoms with van der Waals surface area (Å²) in [6.07, 6.45) is 5.55. The Kier molecular flexibility index (Phi) is 4.69. The number of hydrogen-bond acceptors (Lipinski definition) is 1. The zero-order valence-corrected chi connectivity index (χ0v) is 14.8. The Morgan fingerprint density at radius 2 is 1.65 bits per heavy atom. The molecule has 1 saturated heterocycles. The third-order valence-electron chi connectivity index (χ3n) is 5.83. The first kappa shape index (κ1) is 16.1. The van der Waals surface area contributed by atoms with Gasteiger partial charge < -0.3 is 0 Å². The van der Waals surface area contributed by atoms with E-state index in [-0.39, 0.29) is 0 Å². The highest BCUT2D eigenvalue weighted by molar-refractivity contribution is 5.32. The summed E-state index contributed by atoms with van der Waals surface area (Å²) in [5, 5.41) is 0. The van der Waals surface area contributed by atoms with E-state index in [1.54, 1.807) is 5.57 Å². The summed E-state index contributed by atoms with van der Waals surface area (Å²) in [6.45, 7) is 18.1. The van der Waals surface area contributed by atoms with Crippen LogP contribution in [-0.2, 0) is 0 Å². The summed E-state index contributed by atoms with van der Waals surface area (Å²) in [5.41, 5.74) is 4.19. The number of allylic oxidation sites excluding steroid dienone is 2. The molecular formula is C19H35N. The van der Waals surface area contributed by atoms with E-state index in [1.165, 1.54) is 32.2 Å². The van der Waals surface area contributed by atoms with E-state index in [2.05, 4.69) is 53.4 Å². The molecule has 1 nitrogen and oxygen atoms in total. The van der Waals surface area contributed by atoms with Crippen molar-refractivity contribution in [1.29, 1.82) is 0 Å². The minimum atomic E-state index is 0.540. The van der Waals surface area contributed by atoms with Gasteiger partial charge in [0.1, 0.15) is 0 Å². The van der Waals surface area contributed by atoms with Crippen LogP contribution in [0.1, 0.15) is 74.1 Å². The van der Waals surface area contributed by atoms with E-state index in [1.807, 2.05) is 5.57 Å². The summed E-state index contributed by atoms with van der Waals surface area (Å²) >= 11 is 0. The Balaban J connectivity index is 2.28. The molecule has 1 aliphatic carbocycles. The lowest BCUT2D eigenvalue weighted by Gasteiger charge is -2.48. The van der Waals surface area contributed by atoms with Gasteiger partial charge in [-0.2, -0.15) is 0 Å². The van der Waals surface area contributed by atoms with Gasteiger partial charge >= 0.3 is 0 Å². The molecule has 0 N–H and O–H groups in total. The second-order valence-corrected chi connectivity index (χ2v) is 8.16. The quantitative estimate of drug-likeness (QED) is 0.635. The number of likely N-dealkylation sites (tertiary alicyclic amines) is 1. The molecule has 20 heavy (non-hydrogen) atoms. The van der Waals surface area contributed by atoms with Crippen molar-refractivity contribution in [3.05, 3.63) is 11.1 Å².